The molecule has 6 rings (SSSR count). The van der Waals surface area contributed by atoms with Crippen molar-refractivity contribution < 1.29 is 9.59 Å². The molecule has 3 amide bonds. The largest absolute Gasteiger partial charge is 0.366 e. The summed E-state index contributed by atoms with van der Waals surface area (Å²) in [5, 5.41) is 2.95. The van der Waals surface area contributed by atoms with E-state index in [-0.39, 0.29) is 18.0 Å². The van der Waals surface area contributed by atoms with Crippen molar-refractivity contribution in [2.45, 2.75) is 32.2 Å². The Bertz CT molecular complexity index is 1290. The first-order valence-corrected chi connectivity index (χ1v) is 11.6. The van der Waals surface area contributed by atoms with Crippen LogP contribution in [0.5, 0.6) is 0 Å². The molecule has 1 atom stereocenters. The Balaban J connectivity index is 1.32. The molecule has 3 aliphatic heterocycles. The summed E-state index contributed by atoms with van der Waals surface area (Å²) in [6.07, 6.45) is 5.67. The number of pyridine rings is 3. The van der Waals surface area contributed by atoms with E-state index in [0.29, 0.717) is 24.6 Å². The van der Waals surface area contributed by atoms with Crippen molar-refractivity contribution in [3.63, 3.8) is 0 Å². The van der Waals surface area contributed by atoms with E-state index in [0.717, 1.165) is 54.3 Å². The highest BCUT2D eigenvalue weighted by Crippen LogP contribution is 2.40. The van der Waals surface area contributed by atoms with Gasteiger partial charge in [-0.2, -0.15) is 0 Å². The van der Waals surface area contributed by atoms with Crippen LogP contribution in [0.15, 0.2) is 48.8 Å². The minimum atomic E-state index is -0.263. The van der Waals surface area contributed by atoms with Crippen molar-refractivity contribution in [3.05, 3.63) is 54.5 Å². The zero-order chi connectivity index (χ0) is 23.2. The first-order valence-electron chi connectivity index (χ1n) is 11.6. The lowest BCUT2D eigenvalue weighted by Crippen LogP contribution is -2.48. The number of fused-ring (bicyclic) bond motifs is 4. The number of aromatic nitrogens is 3. The maximum Gasteiger partial charge on any atom is 0.329 e. The summed E-state index contributed by atoms with van der Waals surface area (Å²) in [5.41, 5.74) is 4.40. The van der Waals surface area contributed by atoms with Gasteiger partial charge >= 0.3 is 6.03 Å². The third-order valence-corrected chi connectivity index (χ3v) is 6.73. The summed E-state index contributed by atoms with van der Waals surface area (Å²) in [6.45, 7) is 4.31. The molecule has 2 bridgehead atoms. The molecule has 6 heterocycles. The Morgan fingerprint density at radius 2 is 1.97 bits per heavy atom. The lowest BCUT2D eigenvalue weighted by molar-refractivity contribution is -0.117. The van der Waals surface area contributed by atoms with Crippen molar-refractivity contribution in [2.75, 3.05) is 39.7 Å². The Morgan fingerprint density at radius 1 is 1.09 bits per heavy atom. The molecule has 1 unspecified atom stereocenters. The number of carbonyl (C=O) groups excluding carboxylic acids is 2. The van der Waals surface area contributed by atoms with Crippen LogP contribution < -0.4 is 20.0 Å². The average Bonchev–Trinajstić information content (AvgIpc) is 3.46. The van der Waals surface area contributed by atoms with Gasteiger partial charge in [0.05, 0.1) is 17.4 Å². The van der Waals surface area contributed by atoms with Crippen LogP contribution in [-0.2, 0) is 4.79 Å². The first kappa shape index (κ1) is 20.6. The predicted octanol–water partition coefficient (Wildman–Crippen LogP) is 3.60. The van der Waals surface area contributed by atoms with E-state index >= 15 is 0 Å². The van der Waals surface area contributed by atoms with Crippen LogP contribution >= 0.6 is 0 Å². The monoisotopic (exact) mass is 455 g/mol. The number of anilines is 4. The molecule has 9 heteroatoms. The van der Waals surface area contributed by atoms with Crippen LogP contribution in [0.2, 0.25) is 0 Å². The molecule has 9 nitrogen and oxygen atoms in total. The van der Waals surface area contributed by atoms with Gasteiger partial charge in [-0.25, -0.2) is 14.8 Å². The fourth-order valence-electron chi connectivity index (χ4n) is 5.08. The fraction of sp³-hybridized carbons (Fsp3) is 0.320. The lowest BCUT2D eigenvalue weighted by Gasteiger charge is -2.35. The average molecular weight is 456 g/mol. The lowest BCUT2D eigenvalue weighted by atomic mass is 10.1. The van der Waals surface area contributed by atoms with Gasteiger partial charge in [0.1, 0.15) is 5.82 Å². The summed E-state index contributed by atoms with van der Waals surface area (Å²) >= 11 is 0. The number of carbonyl (C=O) groups is 2. The van der Waals surface area contributed by atoms with E-state index in [2.05, 4.69) is 20.2 Å². The molecule has 0 radical (unpaired) electrons. The smallest absolute Gasteiger partial charge is 0.329 e. The molecular weight excluding hydrogens is 430 g/mol. The molecule has 0 aliphatic carbocycles. The van der Waals surface area contributed by atoms with Crippen molar-refractivity contribution in [1.29, 1.82) is 0 Å². The summed E-state index contributed by atoms with van der Waals surface area (Å²) in [6, 6.07) is 11.3. The number of nitrogens with one attached hydrogen (secondary N) is 1. The topological polar surface area (TPSA) is 94.6 Å². The number of nitrogens with zero attached hydrogens (tertiary/aromatic N) is 6. The van der Waals surface area contributed by atoms with Crippen molar-refractivity contribution in [3.8, 4) is 11.3 Å². The number of urea groups is 1. The third kappa shape index (κ3) is 3.53. The van der Waals surface area contributed by atoms with Crippen LogP contribution in [0.3, 0.4) is 0 Å². The van der Waals surface area contributed by atoms with Crippen molar-refractivity contribution >= 4 is 34.9 Å². The summed E-state index contributed by atoms with van der Waals surface area (Å²) in [5.74, 6) is 1.18. The normalized spacial score (nSPS) is 18.9. The highest BCUT2D eigenvalue weighted by Gasteiger charge is 2.40. The molecule has 34 heavy (non-hydrogen) atoms. The zero-order valence-corrected chi connectivity index (χ0v) is 18.9. The summed E-state index contributed by atoms with van der Waals surface area (Å²) < 4.78 is 0. The maximum absolute atomic E-state index is 13.5. The van der Waals surface area contributed by atoms with Gasteiger partial charge in [0.25, 0.3) is 0 Å². The maximum atomic E-state index is 13.5. The Morgan fingerprint density at radius 3 is 2.79 bits per heavy atom. The van der Waals surface area contributed by atoms with Crippen LogP contribution in [-0.4, -0.2) is 52.6 Å². The highest BCUT2D eigenvalue weighted by atomic mass is 16.2. The molecule has 0 spiro atoms. The highest BCUT2D eigenvalue weighted by molar-refractivity contribution is 6.05. The van der Waals surface area contributed by atoms with E-state index in [9.17, 15) is 9.59 Å². The minimum absolute atomic E-state index is 0.0396. The quantitative estimate of drug-likeness (QED) is 0.649. The second-order valence-corrected chi connectivity index (χ2v) is 8.96. The SMILES string of the molecule is Cc1cc(-c2ccc3c(n2)N(C(=O)Nc2cc(N4CCCC4=O)ccn2)C2CCN3C2)ccn1. The molecule has 2 saturated heterocycles. The minimum Gasteiger partial charge on any atom is -0.366 e. The molecular formula is C25H25N7O2. The number of aryl methyl sites for hydroxylation is 1. The van der Waals surface area contributed by atoms with Gasteiger partial charge in [-0.05, 0) is 50.1 Å². The first-order chi connectivity index (χ1) is 16.6. The van der Waals surface area contributed by atoms with E-state index in [1.807, 2.05) is 31.2 Å². The van der Waals surface area contributed by atoms with Crippen LogP contribution in [0.25, 0.3) is 11.3 Å². The third-order valence-electron chi connectivity index (χ3n) is 6.73. The molecule has 2 fully saturated rings. The van der Waals surface area contributed by atoms with Crippen LogP contribution in [0.4, 0.5) is 27.8 Å². The molecule has 3 aromatic heterocycles. The summed E-state index contributed by atoms with van der Waals surface area (Å²) in [7, 11) is 0. The molecule has 3 aromatic rings. The fourth-order valence-corrected chi connectivity index (χ4v) is 5.08. The van der Waals surface area contributed by atoms with E-state index in [1.165, 1.54) is 0 Å². The number of hydrogen-bond donors (Lipinski definition) is 1. The Kier molecular flexibility index (Phi) is 4.90. The van der Waals surface area contributed by atoms with E-state index in [4.69, 9.17) is 4.98 Å². The van der Waals surface area contributed by atoms with E-state index in [1.54, 1.807) is 34.3 Å². The summed E-state index contributed by atoms with van der Waals surface area (Å²) in [4.78, 5) is 45.0. The Labute approximate surface area is 197 Å². The molecule has 1 N–H and O–H groups in total. The molecule has 0 saturated carbocycles. The standard InChI is InChI=1S/C25H25N7O2/c1-16-13-17(6-9-26-16)20-4-5-21-24(28-20)32(19-8-12-30(21)15-19)25(34)29-22-14-18(7-10-27-22)31-11-2-3-23(31)33/h4-7,9-10,13-14,19H,2-3,8,11-12,15H2,1H3,(H,27,29,34). The molecule has 0 aromatic carbocycles. The van der Waals surface area contributed by atoms with Gasteiger partial charge < -0.3 is 9.80 Å². The number of hydrogen-bond acceptors (Lipinski definition) is 6. The van der Waals surface area contributed by atoms with Gasteiger partial charge in [-0.15, -0.1) is 0 Å². The second-order valence-electron chi connectivity index (χ2n) is 8.96. The van der Waals surface area contributed by atoms with Gasteiger partial charge in [-0.3, -0.25) is 20.0 Å². The number of amides is 3. The van der Waals surface area contributed by atoms with Crippen LogP contribution in [0, 0.1) is 6.92 Å². The predicted molar refractivity (Wildman–Crippen MR) is 130 cm³/mol. The number of rotatable bonds is 3. The zero-order valence-electron chi connectivity index (χ0n) is 18.9. The van der Waals surface area contributed by atoms with E-state index < -0.39 is 0 Å². The van der Waals surface area contributed by atoms with Crippen LogP contribution in [0.1, 0.15) is 25.0 Å². The van der Waals surface area contributed by atoms with Gasteiger partial charge in [0.2, 0.25) is 5.91 Å². The van der Waals surface area contributed by atoms with Gasteiger partial charge in [0.15, 0.2) is 5.82 Å². The second kappa shape index (κ2) is 8.09. The van der Waals surface area contributed by atoms with Crippen molar-refractivity contribution in [2.24, 2.45) is 0 Å². The van der Waals surface area contributed by atoms with Gasteiger partial charge in [-0.1, -0.05) is 0 Å². The molecule has 172 valence electrons. The Hall–Kier alpha value is -4.01. The molecule has 3 aliphatic rings. The van der Waals surface area contributed by atoms with Crippen molar-refractivity contribution in [1.82, 2.24) is 15.0 Å². The van der Waals surface area contributed by atoms with Gasteiger partial charge in [0, 0.05) is 61.5 Å².